The predicted octanol–water partition coefficient (Wildman–Crippen LogP) is 8.15. The quantitative estimate of drug-likeness (QED) is 0.360. The lowest BCUT2D eigenvalue weighted by atomic mass is 9.33. The summed E-state index contributed by atoms with van der Waals surface area (Å²) in [6, 6.07) is 0. The molecule has 5 rings (SSSR count). The van der Waals surface area contributed by atoms with Crippen molar-refractivity contribution in [2.45, 2.75) is 106 Å². The van der Waals surface area contributed by atoms with Crippen molar-refractivity contribution >= 4 is 5.78 Å². The van der Waals surface area contributed by atoms with Crippen LogP contribution < -0.4 is 0 Å². The number of Topliss-reactive ketones (excluding diaryl/α,β-unsaturated/α-hetero) is 1. The molecule has 8 atom stereocenters. The topological polar surface area (TPSA) is 17.1 Å². The zero-order valence-corrected chi connectivity index (χ0v) is 21.4. The van der Waals surface area contributed by atoms with Gasteiger partial charge < -0.3 is 0 Å². The highest BCUT2D eigenvalue weighted by molar-refractivity contribution is 5.85. The number of fused-ring (bicyclic) bond motifs is 7. The lowest BCUT2D eigenvalue weighted by molar-refractivity contribution is -0.183. The van der Waals surface area contributed by atoms with Crippen LogP contribution in [-0.4, -0.2) is 5.78 Å². The van der Waals surface area contributed by atoms with Crippen LogP contribution in [0.4, 0.5) is 0 Å². The zero-order valence-electron chi connectivity index (χ0n) is 21.4. The maximum absolute atomic E-state index is 12.9. The van der Waals surface area contributed by atoms with Crippen molar-refractivity contribution in [3.05, 3.63) is 23.8 Å². The van der Waals surface area contributed by atoms with Gasteiger partial charge in [0.25, 0.3) is 0 Å². The van der Waals surface area contributed by atoms with E-state index in [1.165, 1.54) is 50.5 Å². The first-order valence-electron chi connectivity index (χ1n) is 13.2. The number of rotatable bonds is 0. The van der Waals surface area contributed by atoms with E-state index in [1.54, 1.807) is 5.57 Å². The van der Waals surface area contributed by atoms with Gasteiger partial charge in [0.05, 0.1) is 0 Å². The lowest BCUT2D eigenvalue weighted by Crippen LogP contribution is -2.64. The molecular weight excluding hydrogens is 376 g/mol. The highest BCUT2D eigenvalue weighted by atomic mass is 16.1. The molecule has 0 aromatic carbocycles. The molecule has 0 aromatic rings. The SMILES string of the molecule is C=C1CC[C@]2(C)CC[C@]3(C)C(=CC[C@@H]4[C@@]5(C)CCC(=O)C(C)(C)[C@@H]5CC[C@]43C)[C@H]2[C@H]1C. The van der Waals surface area contributed by atoms with Gasteiger partial charge in [-0.3, -0.25) is 4.79 Å². The minimum atomic E-state index is -0.153. The van der Waals surface area contributed by atoms with Gasteiger partial charge in [0.15, 0.2) is 0 Å². The summed E-state index contributed by atoms with van der Waals surface area (Å²) in [6.07, 6.45) is 13.6. The fourth-order valence-corrected chi connectivity index (χ4v) is 10.4. The van der Waals surface area contributed by atoms with E-state index >= 15 is 0 Å². The molecule has 4 fully saturated rings. The van der Waals surface area contributed by atoms with Crippen molar-refractivity contribution in [2.24, 2.45) is 50.7 Å². The van der Waals surface area contributed by atoms with Crippen LogP contribution in [-0.2, 0) is 4.79 Å². The van der Waals surface area contributed by atoms with Gasteiger partial charge in [-0.15, -0.1) is 0 Å². The van der Waals surface area contributed by atoms with Crippen molar-refractivity contribution < 1.29 is 4.79 Å². The molecule has 0 amide bonds. The van der Waals surface area contributed by atoms with Gasteiger partial charge in [0.1, 0.15) is 5.78 Å². The summed E-state index contributed by atoms with van der Waals surface area (Å²) in [5.74, 6) is 3.05. The van der Waals surface area contributed by atoms with E-state index in [9.17, 15) is 4.79 Å². The molecule has 5 aliphatic rings. The lowest BCUT2D eigenvalue weighted by Gasteiger charge is -2.70. The summed E-state index contributed by atoms with van der Waals surface area (Å²) < 4.78 is 0. The number of allylic oxidation sites excluding steroid dienone is 3. The van der Waals surface area contributed by atoms with Gasteiger partial charge in [0, 0.05) is 11.8 Å². The number of carbonyl (C=O) groups is 1. The van der Waals surface area contributed by atoms with E-state index in [1.807, 2.05) is 0 Å². The Labute approximate surface area is 191 Å². The van der Waals surface area contributed by atoms with Crippen LogP contribution in [0.15, 0.2) is 23.8 Å². The van der Waals surface area contributed by atoms with Crippen molar-refractivity contribution in [1.82, 2.24) is 0 Å². The van der Waals surface area contributed by atoms with E-state index in [0.29, 0.717) is 45.7 Å². The minimum Gasteiger partial charge on any atom is -0.299 e. The molecule has 0 N–H and O–H groups in total. The van der Waals surface area contributed by atoms with Crippen LogP contribution in [0.3, 0.4) is 0 Å². The number of hydrogen-bond acceptors (Lipinski definition) is 1. The largest absolute Gasteiger partial charge is 0.299 e. The Morgan fingerprint density at radius 3 is 2.32 bits per heavy atom. The smallest absolute Gasteiger partial charge is 0.138 e. The molecular formula is C30H46O. The second kappa shape index (κ2) is 6.38. The molecule has 0 radical (unpaired) electrons. The summed E-state index contributed by atoms with van der Waals surface area (Å²) in [4.78, 5) is 12.9. The van der Waals surface area contributed by atoms with Crippen molar-refractivity contribution in [3.8, 4) is 0 Å². The molecule has 0 aromatic heterocycles. The first kappa shape index (κ1) is 22.0. The molecule has 1 heteroatoms. The summed E-state index contributed by atoms with van der Waals surface area (Å²) in [7, 11) is 0. The van der Waals surface area contributed by atoms with Crippen molar-refractivity contribution in [2.75, 3.05) is 0 Å². The normalized spacial score (nSPS) is 53.6. The fraction of sp³-hybridized carbons (Fsp3) is 0.833. The minimum absolute atomic E-state index is 0.153. The summed E-state index contributed by atoms with van der Waals surface area (Å²) in [5, 5.41) is 0. The van der Waals surface area contributed by atoms with Gasteiger partial charge in [0.2, 0.25) is 0 Å². The predicted molar refractivity (Wildman–Crippen MR) is 130 cm³/mol. The Bertz CT molecular complexity index is 862. The number of carbonyl (C=O) groups excluding carboxylic acids is 1. The Balaban J connectivity index is 1.60. The Hall–Kier alpha value is -0.850. The average molecular weight is 423 g/mol. The van der Waals surface area contributed by atoms with Crippen molar-refractivity contribution in [3.63, 3.8) is 0 Å². The molecule has 1 nitrogen and oxygen atoms in total. The Morgan fingerprint density at radius 2 is 1.61 bits per heavy atom. The third kappa shape index (κ3) is 2.53. The van der Waals surface area contributed by atoms with Gasteiger partial charge in [-0.1, -0.05) is 72.3 Å². The number of ketones is 1. The van der Waals surface area contributed by atoms with E-state index in [0.717, 1.165) is 12.8 Å². The van der Waals surface area contributed by atoms with E-state index in [2.05, 4.69) is 61.1 Å². The van der Waals surface area contributed by atoms with Gasteiger partial charge in [-0.05, 0) is 96.7 Å². The second-order valence-corrected chi connectivity index (χ2v) is 14.0. The van der Waals surface area contributed by atoms with Crippen LogP contribution in [0.25, 0.3) is 0 Å². The van der Waals surface area contributed by atoms with Crippen LogP contribution >= 0.6 is 0 Å². The molecule has 0 bridgehead atoms. The third-order valence-corrected chi connectivity index (χ3v) is 12.7. The molecule has 0 saturated heterocycles. The molecule has 0 aliphatic heterocycles. The highest BCUT2D eigenvalue weighted by Crippen LogP contribution is 2.75. The van der Waals surface area contributed by atoms with Gasteiger partial charge in [-0.2, -0.15) is 0 Å². The first-order valence-corrected chi connectivity index (χ1v) is 13.2. The summed E-state index contributed by atoms with van der Waals surface area (Å²) in [6.45, 7) is 22.0. The zero-order chi connectivity index (χ0) is 22.6. The highest BCUT2D eigenvalue weighted by Gasteiger charge is 2.67. The second-order valence-electron chi connectivity index (χ2n) is 14.0. The van der Waals surface area contributed by atoms with Crippen LogP contribution in [0, 0.1) is 50.7 Å². The molecule has 5 aliphatic carbocycles. The summed E-state index contributed by atoms with van der Waals surface area (Å²) >= 11 is 0. The van der Waals surface area contributed by atoms with Crippen molar-refractivity contribution in [1.29, 1.82) is 0 Å². The maximum atomic E-state index is 12.9. The third-order valence-electron chi connectivity index (χ3n) is 12.7. The Morgan fingerprint density at radius 1 is 0.903 bits per heavy atom. The van der Waals surface area contributed by atoms with Crippen LogP contribution in [0.2, 0.25) is 0 Å². The van der Waals surface area contributed by atoms with Gasteiger partial charge >= 0.3 is 0 Å². The monoisotopic (exact) mass is 422 g/mol. The van der Waals surface area contributed by atoms with E-state index in [4.69, 9.17) is 0 Å². The first-order chi connectivity index (χ1) is 14.3. The van der Waals surface area contributed by atoms with Crippen LogP contribution in [0.1, 0.15) is 106 Å². The summed E-state index contributed by atoms with van der Waals surface area (Å²) in [5.41, 5.74) is 4.53. The Kier molecular flexibility index (Phi) is 4.52. The van der Waals surface area contributed by atoms with Crippen LogP contribution in [0.5, 0.6) is 0 Å². The number of hydrogen-bond donors (Lipinski definition) is 0. The molecule has 0 heterocycles. The van der Waals surface area contributed by atoms with E-state index in [-0.39, 0.29) is 10.8 Å². The molecule has 0 unspecified atom stereocenters. The van der Waals surface area contributed by atoms with Gasteiger partial charge in [-0.25, -0.2) is 0 Å². The average Bonchev–Trinajstić information content (AvgIpc) is 2.69. The molecule has 4 saturated carbocycles. The molecule has 172 valence electrons. The van der Waals surface area contributed by atoms with E-state index < -0.39 is 0 Å². The maximum Gasteiger partial charge on any atom is 0.138 e. The standard InChI is InChI=1S/C30H46O/c1-19-11-14-27(5)17-18-29(7)21(25(27)20(19)2)9-10-23-28(6)15-13-24(31)26(3,4)22(28)12-16-30(23,29)8/h9,20,22-23,25H,1,10-18H2,2-8H3/t20-,22-,23+,25+,27+,28-,29+,30+/m0/s1. The fourth-order valence-electron chi connectivity index (χ4n) is 10.4. The molecule has 0 spiro atoms. The molecule has 31 heavy (non-hydrogen) atoms.